The summed E-state index contributed by atoms with van der Waals surface area (Å²) in [6.07, 6.45) is 10.2. The van der Waals surface area contributed by atoms with Crippen LogP contribution in [0.25, 0.3) is 0 Å². The Kier molecular flexibility index (Phi) is 6.09. The zero-order valence-electron chi connectivity index (χ0n) is 10.00. The third-order valence-corrected chi connectivity index (χ3v) is 2.69. The molecule has 0 spiro atoms. The van der Waals surface area contributed by atoms with E-state index in [0.29, 0.717) is 0 Å². The van der Waals surface area contributed by atoms with Crippen molar-refractivity contribution in [2.24, 2.45) is 0 Å². The third-order valence-electron chi connectivity index (χ3n) is 2.69. The Balaban J connectivity index is 2.09. The zero-order valence-corrected chi connectivity index (χ0v) is 10.00. The van der Waals surface area contributed by atoms with Gasteiger partial charge in [-0.25, -0.2) is 4.98 Å². The monoisotopic (exact) mass is 209 g/mol. The van der Waals surface area contributed by atoms with Gasteiger partial charge < -0.3 is 9.88 Å². The summed E-state index contributed by atoms with van der Waals surface area (Å²) in [7, 11) is 2.01. The van der Waals surface area contributed by atoms with E-state index in [1.54, 1.807) is 0 Å². The number of hydrogen-bond acceptors (Lipinski definition) is 2. The number of imidazole rings is 1. The molecule has 0 bridgehead atoms. The molecule has 0 fully saturated rings. The fraction of sp³-hybridized carbons (Fsp3) is 0.750. The van der Waals surface area contributed by atoms with Crippen LogP contribution in [0.1, 0.15) is 38.4 Å². The van der Waals surface area contributed by atoms with E-state index in [1.807, 2.05) is 13.2 Å². The van der Waals surface area contributed by atoms with Crippen LogP contribution in [0.4, 0.5) is 0 Å². The molecule has 3 nitrogen and oxygen atoms in total. The molecule has 1 heterocycles. The third kappa shape index (κ3) is 4.47. The quantitative estimate of drug-likeness (QED) is 0.665. The number of nitrogens with one attached hydrogen (secondary N) is 1. The van der Waals surface area contributed by atoms with E-state index in [1.165, 1.54) is 31.5 Å². The predicted molar refractivity (Wildman–Crippen MR) is 64.0 cm³/mol. The average Bonchev–Trinajstić information content (AvgIpc) is 2.70. The van der Waals surface area contributed by atoms with Crippen LogP contribution in [0.3, 0.4) is 0 Å². The molecule has 1 aromatic heterocycles. The lowest BCUT2D eigenvalue weighted by Crippen LogP contribution is -2.07. The first-order valence-corrected chi connectivity index (χ1v) is 6.03. The van der Waals surface area contributed by atoms with Gasteiger partial charge in [0, 0.05) is 25.4 Å². The van der Waals surface area contributed by atoms with Crippen molar-refractivity contribution in [2.45, 2.75) is 45.6 Å². The Hall–Kier alpha value is -0.830. The summed E-state index contributed by atoms with van der Waals surface area (Å²) in [4.78, 5) is 4.32. The molecule has 0 unspecified atom stereocenters. The van der Waals surface area contributed by atoms with E-state index in [4.69, 9.17) is 0 Å². The van der Waals surface area contributed by atoms with Gasteiger partial charge in [0.25, 0.3) is 0 Å². The van der Waals surface area contributed by atoms with E-state index in [0.717, 1.165) is 19.5 Å². The fourth-order valence-corrected chi connectivity index (χ4v) is 1.80. The molecule has 15 heavy (non-hydrogen) atoms. The Morgan fingerprint density at radius 2 is 2.07 bits per heavy atom. The molecule has 86 valence electrons. The number of hydrogen-bond donors (Lipinski definition) is 1. The van der Waals surface area contributed by atoms with Crippen molar-refractivity contribution >= 4 is 0 Å². The molecule has 0 atom stereocenters. The summed E-state index contributed by atoms with van der Waals surface area (Å²) in [5, 5.41) is 3.18. The second-order valence-corrected chi connectivity index (χ2v) is 3.91. The zero-order chi connectivity index (χ0) is 10.9. The Bertz CT molecular complexity index is 255. The SMILES string of the molecule is CCc1nccn1CCCCCCNC. The highest BCUT2D eigenvalue weighted by atomic mass is 15.1. The lowest BCUT2D eigenvalue weighted by molar-refractivity contribution is 0.551. The number of unbranched alkanes of at least 4 members (excludes halogenated alkanes) is 3. The number of aromatic nitrogens is 2. The first-order chi connectivity index (χ1) is 7.38. The van der Waals surface area contributed by atoms with Crippen molar-refractivity contribution in [2.75, 3.05) is 13.6 Å². The van der Waals surface area contributed by atoms with Crippen LogP contribution >= 0.6 is 0 Å². The van der Waals surface area contributed by atoms with Crippen LogP contribution in [0.2, 0.25) is 0 Å². The van der Waals surface area contributed by atoms with Gasteiger partial charge in [-0.3, -0.25) is 0 Å². The number of nitrogens with zero attached hydrogens (tertiary/aromatic N) is 2. The molecule has 0 radical (unpaired) electrons. The Morgan fingerprint density at radius 3 is 2.80 bits per heavy atom. The summed E-state index contributed by atoms with van der Waals surface area (Å²) >= 11 is 0. The Labute approximate surface area is 92.9 Å². The fourth-order valence-electron chi connectivity index (χ4n) is 1.80. The largest absolute Gasteiger partial charge is 0.335 e. The molecule has 0 amide bonds. The minimum Gasteiger partial charge on any atom is -0.335 e. The van der Waals surface area contributed by atoms with Gasteiger partial charge >= 0.3 is 0 Å². The van der Waals surface area contributed by atoms with Crippen molar-refractivity contribution in [3.05, 3.63) is 18.2 Å². The van der Waals surface area contributed by atoms with E-state index in [-0.39, 0.29) is 0 Å². The number of aryl methyl sites for hydroxylation is 2. The van der Waals surface area contributed by atoms with Crippen molar-refractivity contribution in [3.8, 4) is 0 Å². The summed E-state index contributed by atoms with van der Waals surface area (Å²) in [5.41, 5.74) is 0. The molecule has 1 aromatic rings. The molecule has 0 aliphatic rings. The van der Waals surface area contributed by atoms with Crippen LogP contribution in [0.15, 0.2) is 12.4 Å². The van der Waals surface area contributed by atoms with Gasteiger partial charge in [0.15, 0.2) is 0 Å². The maximum Gasteiger partial charge on any atom is 0.108 e. The van der Waals surface area contributed by atoms with Gasteiger partial charge in [0.05, 0.1) is 0 Å². The molecule has 1 rings (SSSR count). The van der Waals surface area contributed by atoms with Crippen LogP contribution in [-0.4, -0.2) is 23.1 Å². The normalized spacial score (nSPS) is 10.8. The first-order valence-electron chi connectivity index (χ1n) is 6.03. The summed E-state index contributed by atoms with van der Waals surface area (Å²) in [6, 6.07) is 0. The molecule has 0 aliphatic heterocycles. The van der Waals surface area contributed by atoms with Crippen molar-refractivity contribution in [1.82, 2.24) is 14.9 Å². The molecule has 0 aliphatic carbocycles. The maximum absolute atomic E-state index is 4.32. The number of rotatable bonds is 8. The van der Waals surface area contributed by atoms with Crippen LogP contribution in [0, 0.1) is 0 Å². The van der Waals surface area contributed by atoms with E-state index >= 15 is 0 Å². The van der Waals surface area contributed by atoms with E-state index in [9.17, 15) is 0 Å². The highest BCUT2D eigenvalue weighted by molar-refractivity contribution is 4.91. The lowest BCUT2D eigenvalue weighted by Gasteiger charge is -2.06. The maximum atomic E-state index is 4.32. The van der Waals surface area contributed by atoms with Gasteiger partial charge in [-0.15, -0.1) is 0 Å². The van der Waals surface area contributed by atoms with Gasteiger partial charge in [-0.2, -0.15) is 0 Å². The molecule has 0 saturated heterocycles. The average molecular weight is 209 g/mol. The van der Waals surface area contributed by atoms with Crippen LogP contribution in [-0.2, 0) is 13.0 Å². The van der Waals surface area contributed by atoms with Crippen molar-refractivity contribution < 1.29 is 0 Å². The molecule has 3 heteroatoms. The van der Waals surface area contributed by atoms with Gasteiger partial charge in [-0.1, -0.05) is 19.8 Å². The molecular weight excluding hydrogens is 186 g/mol. The van der Waals surface area contributed by atoms with E-state index < -0.39 is 0 Å². The summed E-state index contributed by atoms with van der Waals surface area (Å²) in [6.45, 7) is 4.43. The van der Waals surface area contributed by atoms with Gasteiger partial charge in [0.2, 0.25) is 0 Å². The van der Waals surface area contributed by atoms with Crippen molar-refractivity contribution in [3.63, 3.8) is 0 Å². The summed E-state index contributed by atoms with van der Waals surface area (Å²) in [5.74, 6) is 1.21. The molecule has 1 N–H and O–H groups in total. The summed E-state index contributed by atoms with van der Waals surface area (Å²) < 4.78 is 2.28. The highest BCUT2D eigenvalue weighted by Gasteiger charge is 1.98. The smallest absolute Gasteiger partial charge is 0.108 e. The predicted octanol–water partition coefficient (Wildman–Crippen LogP) is 2.23. The van der Waals surface area contributed by atoms with Crippen LogP contribution < -0.4 is 5.32 Å². The second kappa shape index (κ2) is 7.46. The second-order valence-electron chi connectivity index (χ2n) is 3.91. The first kappa shape index (κ1) is 12.2. The topological polar surface area (TPSA) is 29.9 Å². The highest BCUT2D eigenvalue weighted by Crippen LogP contribution is 2.04. The molecule has 0 aromatic carbocycles. The van der Waals surface area contributed by atoms with Crippen LogP contribution in [0.5, 0.6) is 0 Å². The lowest BCUT2D eigenvalue weighted by atomic mass is 10.2. The van der Waals surface area contributed by atoms with E-state index in [2.05, 4.69) is 28.0 Å². The minimum absolute atomic E-state index is 1.03. The Morgan fingerprint density at radius 1 is 1.27 bits per heavy atom. The minimum atomic E-state index is 1.03. The van der Waals surface area contributed by atoms with Gasteiger partial charge in [0.1, 0.15) is 5.82 Å². The van der Waals surface area contributed by atoms with Crippen molar-refractivity contribution in [1.29, 1.82) is 0 Å². The standard InChI is InChI=1S/C12H23N3/c1-3-12-14-9-11-15(12)10-7-5-4-6-8-13-2/h9,11,13H,3-8,10H2,1-2H3. The molecular formula is C12H23N3. The van der Waals surface area contributed by atoms with Gasteiger partial charge in [-0.05, 0) is 26.4 Å². The molecule has 0 saturated carbocycles.